The van der Waals surface area contributed by atoms with E-state index in [9.17, 15) is 13.2 Å². The van der Waals surface area contributed by atoms with E-state index in [2.05, 4.69) is 15.2 Å². The van der Waals surface area contributed by atoms with Gasteiger partial charge in [0.25, 0.3) is 5.78 Å². The van der Waals surface area contributed by atoms with Gasteiger partial charge in [-0.15, -0.1) is 10.2 Å². The summed E-state index contributed by atoms with van der Waals surface area (Å²) in [7, 11) is 0. The summed E-state index contributed by atoms with van der Waals surface area (Å²) in [6, 6.07) is 8.09. The molecular weight excluding hydrogens is 269 g/mol. The lowest BCUT2D eigenvalue weighted by molar-refractivity contribution is -0.142. The van der Waals surface area contributed by atoms with Crippen LogP contribution in [0.3, 0.4) is 0 Å². The van der Waals surface area contributed by atoms with Gasteiger partial charge in [0, 0.05) is 5.56 Å². The summed E-state index contributed by atoms with van der Waals surface area (Å²) in [5, 5.41) is 7.07. The maximum absolute atomic E-state index is 13.1. The molecule has 0 unspecified atom stereocenters. The molecule has 20 heavy (non-hydrogen) atoms. The van der Waals surface area contributed by atoms with Crippen LogP contribution in [0.5, 0.6) is 0 Å². The van der Waals surface area contributed by atoms with Gasteiger partial charge in [0.15, 0.2) is 0 Å². The highest BCUT2D eigenvalue weighted by Crippen LogP contribution is 2.31. The summed E-state index contributed by atoms with van der Waals surface area (Å²) in [6.07, 6.45) is -3.49. The normalized spacial score (nSPS) is 12.0. The average molecular weight is 278 g/mol. The first kappa shape index (κ1) is 12.6. The Morgan fingerprint density at radius 2 is 1.80 bits per heavy atom. The Balaban J connectivity index is 2.24. The number of nitrogens with zero attached hydrogens (tertiary/aromatic N) is 4. The summed E-state index contributed by atoms with van der Waals surface area (Å²) in [5.41, 5.74) is 1.00. The predicted octanol–water partition coefficient (Wildman–Crippen LogP) is 3.12. The summed E-state index contributed by atoms with van der Waals surface area (Å²) in [4.78, 5) is 4.10. The fourth-order valence-corrected chi connectivity index (χ4v) is 1.90. The molecule has 7 heteroatoms. The van der Waals surface area contributed by atoms with E-state index in [1.807, 2.05) is 19.1 Å². The van der Waals surface area contributed by atoms with E-state index >= 15 is 0 Å². The molecule has 0 saturated heterocycles. The molecule has 3 aromatic rings. The lowest BCUT2D eigenvalue weighted by Gasteiger charge is -2.10. The van der Waals surface area contributed by atoms with Crippen LogP contribution in [0.25, 0.3) is 17.0 Å². The van der Waals surface area contributed by atoms with Gasteiger partial charge < -0.3 is 0 Å². The minimum Gasteiger partial charge on any atom is -0.261 e. The maximum Gasteiger partial charge on any atom is 0.431 e. The molecule has 0 aliphatic carbocycles. The van der Waals surface area contributed by atoms with Crippen molar-refractivity contribution in [2.75, 3.05) is 0 Å². The topological polar surface area (TPSA) is 43.1 Å². The number of aryl methyl sites for hydroxylation is 1. The SMILES string of the molecule is Cc1ccc(-c2cc(C(F)(F)F)n3cnnc3n2)cc1. The Bertz CT molecular complexity index is 759. The lowest BCUT2D eigenvalue weighted by Crippen LogP contribution is -2.12. The Kier molecular flexibility index (Phi) is 2.70. The van der Waals surface area contributed by atoms with Crippen molar-refractivity contribution in [2.45, 2.75) is 13.1 Å². The Labute approximate surface area is 111 Å². The van der Waals surface area contributed by atoms with Crippen LogP contribution in [0.1, 0.15) is 11.3 Å². The molecule has 4 nitrogen and oxygen atoms in total. The van der Waals surface area contributed by atoms with Gasteiger partial charge in [-0.05, 0) is 13.0 Å². The number of benzene rings is 1. The molecule has 0 bridgehead atoms. The van der Waals surface area contributed by atoms with Gasteiger partial charge in [-0.1, -0.05) is 29.8 Å². The van der Waals surface area contributed by atoms with Crippen molar-refractivity contribution in [1.29, 1.82) is 0 Å². The molecule has 102 valence electrons. The molecule has 0 aliphatic rings. The van der Waals surface area contributed by atoms with Crippen LogP contribution in [-0.2, 0) is 6.18 Å². The highest BCUT2D eigenvalue weighted by molar-refractivity contribution is 5.62. The molecule has 0 amide bonds. The third-order valence-electron chi connectivity index (χ3n) is 2.92. The van der Waals surface area contributed by atoms with Gasteiger partial charge >= 0.3 is 6.18 Å². The van der Waals surface area contributed by atoms with Gasteiger partial charge in [0.2, 0.25) is 0 Å². The van der Waals surface area contributed by atoms with Gasteiger partial charge in [-0.2, -0.15) is 13.2 Å². The van der Waals surface area contributed by atoms with Crippen molar-refractivity contribution in [3.8, 4) is 11.3 Å². The summed E-state index contributed by atoms with van der Waals surface area (Å²) in [5.74, 6) is -0.0737. The molecule has 0 atom stereocenters. The average Bonchev–Trinajstić information content (AvgIpc) is 2.85. The van der Waals surface area contributed by atoms with Crippen molar-refractivity contribution in [2.24, 2.45) is 0 Å². The van der Waals surface area contributed by atoms with Gasteiger partial charge in [-0.3, -0.25) is 4.40 Å². The smallest absolute Gasteiger partial charge is 0.261 e. The largest absolute Gasteiger partial charge is 0.431 e. The van der Waals surface area contributed by atoms with Crippen LogP contribution in [0, 0.1) is 6.92 Å². The zero-order valence-corrected chi connectivity index (χ0v) is 10.4. The fourth-order valence-electron chi connectivity index (χ4n) is 1.90. The van der Waals surface area contributed by atoms with Gasteiger partial charge in [0.1, 0.15) is 12.0 Å². The molecule has 0 fully saturated rings. The molecule has 3 rings (SSSR count). The van der Waals surface area contributed by atoms with E-state index in [-0.39, 0.29) is 11.5 Å². The van der Waals surface area contributed by atoms with E-state index in [0.29, 0.717) is 5.56 Å². The quantitative estimate of drug-likeness (QED) is 0.687. The first-order chi connectivity index (χ1) is 9.45. The standard InChI is InChI=1S/C13H9F3N4/c1-8-2-4-9(5-3-8)10-6-11(13(14,15)16)20-7-17-19-12(20)18-10/h2-7H,1H3. The number of fused-ring (bicyclic) bond motifs is 1. The van der Waals surface area contributed by atoms with Crippen LogP contribution >= 0.6 is 0 Å². The number of halogens is 3. The monoisotopic (exact) mass is 278 g/mol. The zero-order valence-electron chi connectivity index (χ0n) is 10.4. The van der Waals surface area contributed by atoms with E-state index in [1.54, 1.807) is 12.1 Å². The number of hydrogen-bond donors (Lipinski definition) is 0. The second kappa shape index (κ2) is 4.29. The van der Waals surface area contributed by atoms with E-state index in [4.69, 9.17) is 0 Å². The Morgan fingerprint density at radius 1 is 1.10 bits per heavy atom. The number of aromatic nitrogens is 4. The highest BCUT2D eigenvalue weighted by atomic mass is 19.4. The second-order valence-electron chi connectivity index (χ2n) is 4.39. The van der Waals surface area contributed by atoms with Crippen molar-refractivity contribution in [3.63, 3.8) is 0 Å². The molecule has 2 heterocycles. The Morgan fingerprint density at radius 3 is 2.45 bits per heavy atom. The van der Waals surface area contributed by atoms with Crippen LogP contribution in [-0.4, -0.2) is 19.6 Å². The highest BCUT2D eigenvalue weighted by Gasteiger charge is 2.34. The van der Waals surface area contributed by atoms with Gasteiger partial charge in [0.05, 0.1) is 5.69 Å². The van der Waals surface area contributed by atoms with Crippen LogP contribution in [0.2, 0.25) is 0 Å². The van der Waals surface area contributed by atoms with Crippen molar-refractivity contribution in [1.82, 2.24) is 19.6 Å². The third-order valence-corrected chi connectivity index (χ3v) is 2.92. The van der Waals surface area contributed by atoms with Gasteiger partial charge in [-0.25, -0.2) is 4.98 Å². The van der Waals surface area contributed by atoms with Crippen LogP contribution < -0.4 is 0 Å². The molecular formula is C13H9F3N4. The number of hydrogen-bond acceptors (Lipinski definition) is 3. The van der Waals surface area contributed by atoms with Crippen molar-refractivity contribution >= 4 is 5.78 Å². The van der Waals surface area contributed by atoms with Crippen LogP contribution in [0.4, 0.5) is 13.2 Å². The van der Waals surface area contributed by atoms with E-state index in [1.165, 1.54) is 0 Å². The Hall–Kier alpha value is -2.44. The summed E-state index contributed by atoms with van der Waals surface area (Å²) < 4.78 is 40.0. The summed E-state index contributed by atoms with van der Waals surface area (Å²) in [6.45, 7) is 1.90. The first-order valence-electron chi connectivity index (χ1n) is 5.80. The molecule has 0 radical (unpaired) electrons. The minimum atomic E-state index is -4.50. The molecule has 0 saturated carbocycles. The van der Waals surface area contributed by atoms with Crippen LogP contribution in [0.15, 0.2) is 36.7 Å². The number of alkyl halides is 3. The van der Waals surface area contributed by atoms with Crippen molar-refractivity contribution < 1.29 is 13.2 Å². The molecule has 0 aliphatic heterocycles. The van der Waals surface area contributed by atoms with E-state index < -0.39 is 11.9 Å². The lowest BCUT2D eigenvalue weighted by atomic mass is 10.1. The number of rotatable bonds is 1. The fraction of sp³-hybridized carbons (Fsp3) is 0.154. The zero-order chi connectivity index (χ0) is 14.3. The van der Waals surface area contributed by atoms with Crippen molar-refractivity contribution in [3.05, 3.63) is 47.9 Å². The molecule has 0 N–H and O–H groups in total. The third kappa shape index (κ3) is 2.11. The summed E-state index contributed by atoms with van der Waals surface area (Å²) >= 11 is 0. The van der Waals surface area contributed by atoms with E-state index in [0.717, 1.165) is 22.4 Å². The molecule has 1 aromatic carbocycles. The second-order valence-corrected chi connectivity index (χ2v) is 4.39. The predicted molar refractivity (Wildman–Crippen MR) is 66.0 cm³/mol. The molecule has 2 aromatic heterocycles. The first-order valence-corrected chi connectivity index (χ1v) is 5.80. The molecule has 0 spiro atoms. The minimum absolute atomic E-state index is 0.0737. The maximum atomic E-state index is 13.1.